The Morgan fingerprint density at radius 2 is 0.506 bits per heavy atom. The Bertz CT molecular complexity index is 5490. The van der Waals surface area contributed by atoms with Gasteiger partial charge in [-0.15, -0.1) is 0 Å². The summed E-state index contributed by atoms with van der Waals surface area (Å²) < 4.78 is 16.5. The molecule has 0 aliphatic rings. The molecule has 0 N–H and O–H groups in total. The zero-order valence-electron chi connectivity index (χ0n) is 48.4. The summed E-state index contributed by atoms with van der Waals surface area (Å²) in [5.41, 5.74) is 24.9. The van der Waals surface area contributed by atoms with E-state index < -0.39 is 0 Å². The van der Waals surface area contributed by atoms with Gasteiger partial charge in [-0.3, -0.25) is 0 Å². The van der Waals surface area contributed by atoms with E-state index in [4.69, 9.17) is 8.83 Å². The van der Waals surface area contributed by atoms with Gasteiger partial charge in [0, 0.05) is 49.1 Å². The minimum Gasteiger partial charge on any atom is -0.455 e. The van der Waals surface area contributed by atoms with E-state index in [1.54, 1.807) is 0 Å². The van der Waals surface area contributed by atoms with Crippen LogP contribution in [0.5, 0.6) is 0 Å². The van der Waals surface area contributed by atoms with E-state index in [1.165, 1.54) is 49.4 Å². The van der Waals surface area contributed by atoms with Crippen LogP contribution >= 0.6 is 0 Å². The second-order valence-electron chi connectivity index (χ2n) is 23.4. The van der Waals surface area contributed by atoms with Crippen molar-refractivity contribution in [1.29, 1.82) is 0 Å². The van der Waals surface area contributed by atoms with E-state index in [9.17, 15) is 0 Å². The van der Waals surface area contributed by atoms with Crippen LogP contribution in [-0.2, 0) is 0 Å². The molecule has 3 heteroatoms. The third-order valence-electron chi connectivity index (χ3n) is 18.4. The molecule has 0 amide bonds. The lowest BCUT2D eigenvalue weighted by atomic mass is 9.86. The molecule has 18 rings (SSSR count). The summed E-state index contributed by atoms with van der Waals surface area (Å²) in [6, 6.07) is 117. The standard InChI is InChI=1S/C86H53NO2/c1-6-20-54(21-7-1)60-38-44-81-75(46-60)77-50-64(56-24-10-3-11-25-56)48-73(85(77)88-81)62-36-42-67-68-43-37-63(74-49-65(57-26-12-4-13-27-57)51-78-76-47-61(55-22-8-2-9-23-55)39-45-82(76)89-86(74)78)53-80(68)87(79(67)52-62)66-40-34-59(35-41-66)84-71-32-18-16-30-69(71)83(58-28-14-5-15-29-58)70-31-17-19-33-72(70)84/h1-53H. The van der Waals surface area contributed by atoms with Gasteiger partial charge in [0.1, 0.15) is 22.3 Å². The van der Waals surface area contributed by atoms with E-state index in [1.807, 2.05) is 0 Å². The zero-order chi connectivity index (χ0) is 58.5. The Morgan fingerprint density at radius 3 is 0.899 bits per heavy atom. The minimum absolute atomic E-state index is 0.857. The molecule has 0 bridgehead atoms. The highest BCUT2D eigenvalue weighted by molar-refractivity contribution is 6.22. The molecule has 0 atom stereocenters. The SMILES string of the molecule is c1ccc(-c2ccc3oc4c(-c5ccc6c7ccc(-c8cc(-c9ccccc9)cc9c8oc8ccc(-c%10ccccc%10)cc89)cc7n(-c7ccc(-c8c9ccccc9c(-c9ccccc9)c9ccccc89)cc7)c6c5)cc(-c5ccccc5)cc4c3c2)cc1. The quantitative estimate of drug-likeness (QED) is 0.135. The van der Waals surface area contributed by atoms with Crippen molar-refractivity contribution >= 4 is 87.2 Å². The normalized spacial score (nSPS) is 11.8. The van der Waals surface area contributed by atoms with Gasteiger partial charge in [-0.25, -0.2) is 0 Å². The summed E-state index contributed by atoms with van der Waals surface area (Å²) in [6.07, 6.45) is 0. The van der Waals surface area contributed by atoms with Crippen LogP contribution in [0.2, 0.25) is 0 Å². The second kappa shape index (κ2) is 20.4. The molecular formula is C86H53NO2. The maximum absolute atomic E-state index is 7.03. The molecule has 0 unspecified atom stereocenters. The number of furan rings is 2. The lowest BCUT2D eigenvalue weighted by molar-refractivity contribution is 0.669. The van der Waals surface area contributed by atoms with E-state index in [2.05, 4.69) is 326 Å². The molecule has 3 heterocycles. The highest BCUT2D eigenvalue weighted by atomic mass is 16.3. The molecule has 89 heavy (non-hydrogen) atoms. The Morgan fingerprint density at radius 1 is 0.191 bits per heavy atom. The predicted molar refractivity (Wildman–Crippen MR) is 374 cm³/mol. The number of benzene rings is 15. The van der Waals surface area contributed by atoms with Gasteiger partial charge in [0.05, 0.1) is 11.0 Å². The molecule has 3 aromatic heterocycles. The average molecular weight is 1130 g/mol. The highest BCUT2D eigenvalue weighted by Crippen LogP contribution is 2.48. The Balaban J connectivity index is 0.876. The second-order valence-corrected chi connectivity index (χ2v) is 23.4. The van der Waals surface area contributed by atoms with Crippen molar-refractivity contribution < 1.29 is 8.83 Å². The Labute approximate surface area is 513 Å². The topological polar surface area (TPSA) is 31.2 Å². The van der Waals surface area contributed by atoms with Gasteiger partial charge in [0.2, 0.25) is 0 Å². The lowest BCUT2D eigenvalue weighted by Crippen LogP contribution is -1.95. The molecule has 3 nitrogen and oxygen atoms in total. The Hall–Kier alpha value is -11.8. The highest BCUT2D eigenvalue weighted by Gasteiger charge is 2.23. The molecule has 0 saturated heterocycles. The summed E-state index contributed by atoms with van der Waals surface area (Å²) in [4.78, 5) is 0. The molecule has 414 valence electrons. The predicted octanol–water partition coefficient (Wildman–Crippen LogP) is 24.2. The largest absolute Gasteiger partial charge is 0.455 e. The summed E-state index contributed by atoms with van der Waals surface area (Å²) in [5, 5.41) is 11.6. The lowest BCUT2D eigenvalue weighted by Gasteiger charge is -2.18. The minimum atomic E-state index is 0.857. The van der Waals surface area contributed by atoms with Crippen molar-refractivity contribution in [1.82, 2.24) is 4.57 Å². The molecule has 0 saturated carbocycles. The van der Waals surface area contributed by atoms with Crippen LogP contribution in [0.1, 0.15) is 0 Å². The summed E-state index contributed by atoms with van der Waals surface area (Å²) in [6.45, 7) is 0. The van der Waals surface area contributed by atoms with Crippen LogP contribution in [0, 0.1) is 0 Å². The number of nitrogens with zero attached hydrogens (tertiary/aromatic N) is 1. The van der Waals surface area contributed by atoms with Gasteiger partial charge < -0.3 is 13.4 Å². The first-order chi connectivity index (χ1) is 44.1. The summed E-state index contributed by atoms with van der Waals surface area (Å²) in [7, 11) is 0. The van der Waals surface area contributed by atoms with Gasteiger partial charge >= 0.3 is 0 Å². The van der Waals surface area contributed by atoms with Crippen molar-refractivity contribution in [2.24, 2.45) is 0 Å². The third kappa shape index (κ3) is 8.35. The van der Waals surface area contributed by atoms with Crippen molar-refractivity contribution in [3.8, 4) is 94.7 Å². The fourth-order valence-electron chi connectivity index (χ4n) is 14.2. The van der Waals surface area contributed by atoms with Gasteiger partial charge in [0.15, 0.2) is 0 Å². The third-order valence-corrected chi connectivity index (χ3v) is 18.4. The van der Waals surface area contributed by atoms with Gasteiger partial charge in [-0.1, -0.05) is 249 Å². The first-order valence-corrected chi connectivity index (χ1v) is 30.5. The summed E-state index contributed by atoms with van der Waals surface area (Å²) in [5.74, 6) is 0. The average Bonchev–Trinajstić information content (AvgIpc) is 1.80. The van der Waals surface area contributed by atoms with Crippen LogP contribution in [0.3, 0.4) is 0 Å². The smallest absolute Gasteiger partial charge is 0.143 e. The fourth-order valence-corrected chi connectivity index (χ4v) is 14.2. The monoisotopic (exact) mass is 1130 g/mol. The number of fused-ring (bicyclic) bond motifs is 11. The molecule has 15 aromatic carbocycles. The van der Waals surface area contributed by atoms with Crippen molar-refractivity contribution in [3.63, 3.8) is 0 Å². The zero-order valence-corrected chi connectivity index (χ0v) is 48.4. The van der Waals surface area contributed by atoms with Crippen LogP contribution in [0.4, 0.5) is 0 Å². The number of rotatable bonds is 9. The number of hydrogen-bond acceptors (Lipinski definition) is 2. The van der Waals surface area contributed by atoms with Crippen molar-refractivity contribution in [2.75, 3.05) is 0 Å². The maximum atomic E-state index is 7.03. The van der Waals surface area contributed by atoms with Gasteiger partial charge in [0.25, 0.3) is 0 Å². The first-order valence-electron chi connectivity index (χ1n) is 30.5. The molecule has 0 radical (unpaired) electrons. The molecular weight excluding hydrogens is 1080 g/mol. The molecule has 0 spiro atoms. The molecule has 18 aromatic rings. The number of hydrogen-bond donors (Lipinski definition) is 0. The van der Waals surface area contributed by atoms with Crippen LogP contribution in [-0.4, -0.2) is 4.57 Å². The van der Waals surface area contributed by atoms with Crippen LogP contribution in [0.15, 0.2) is 330 Å². The van der Waals surface area contributed by atoms with Crippen molar-refractivity contribution in [2.45, 2.75) is 0 Å². The van der Waals surface area contributed by atoms with Crippen LogP contribution in [0.25, 0.3) is 182 Å². The molecule has 0 aliphatic heterocycles. The van der Waals surface area contributed by atoms with E-state index in [0.717, 1.165) is 133 Å². The molecule has 0 fully saturated rings. The van der Waals surface area contributed by atoms with Crippen LogP contribution < -0.4 is 0 Å². The molecule has 0 aliphatic carbocycles. The van der Waals surface area contributed by atoms with E-state index in [-0.39, 0.29) is 0 Å². The summed E-state index contributed by atoms with van der Waals surface area (Å²) >= 11 is 0. The van der Waals surface area contributed by atoms with E-state index in [0.29, 0.717) is 0 Å². The maximum Gasteiger partial charge on any atom is 0.143 e. The van der Waals surface area contributed by atoms with Gasteiger partial charge in [-0.05, 0) is 172 Å². The van der Waals surface area contributed by atoms with Gasteiger partial charge in [-0.2, -0.15) is 0 Å². The number of aromatic nitrogens is 1. The van der Waals surface area contributed by atoms with E-state index >= 15 is 0 Å². The fraction of sp³-hybridized carbons (Fsp3) is 0. The Kier molecular flexibility index (Phi) is 11.6. The van der Waals surface area contributed by atoms with Crippen molar-refractivity contribution in [3.05, 3.63) is 322 Å². The first kappa shape index (κ1) is 50.5.